The summed E-state index contributed by atoms with van der Waals surface area (Å²) < 4.78 is 0. The Hall–Kier alpha value is -2.13. The third-order valence-electron chi connectivity index (χ3n) is 1.25. The van der Waals surface area contributed by atoms with Crippen molar-refractivity contribution in [2.24, 2.45) is 0 Å². The summed E-state index contributed by atoms with van der Waals surface area (Å²) in [6, 6.07) is 7.13. The van der Waals surface area contributed by atoms with Crippen molar-refractivity contribution in [2.45, 2.75) is 0 Å². The highest BCUT2D eigenvalue weighted by Crippen LogP contribution is 2.00. The van der Waals surface area contributed by atoms with Crippen molar-refractivity contribution in [1.82, 2.24) is 4.98 Å². The molecule has 0 unspecified atom stereocenters. The Bertz CT molecular complexity index is 362. The van der Waals surface area contributed by atoms with Crippen molar-refractivity contribution in [3.05, 3.63) is 35.7 Å². The molecule has 3 heteroatoms. The van der Waals surface area contributed by atoms with Crippen LogP contribution in [0, 0.1) is 22.7 Å². The van der Waals surface area contributed by atoms with Gasteiger partial charge in [0.15, 0.2) is 0 Å². The van der Waals surface area contributed by atoms with Gasteiger partial charge in [0, 0.05) is 12.3 Å². The van der Waals surface area contributed by atoms with E-state index in [9.17, 15) is 0 Å². The number of aromatic nitrogens is 1. The van der Waals surface area contributed by atoms with Crippen LogP contribution >= 0.6 is 0 Å². The maximum Gasteiger partial charge on any atom is 0.140 e. The van der Waals surface area contributed by atoms with Gasteiger partial charge in [0.1, 0.15) is 11.8 Å². The Balaban J connectivity index is 2.88. The molecular formula is C9H5N3. The van der Waals surface area contributed by atoms with Crippen LogP contribution in [0.5, 0.6) is 0 Å². The predicted molar refractivity (Wildman–Crippen MR) is 43.6 cm³/mol. The highest BCUT2D eigenvalue weighted by molar-refractivity contribution is 5.50. The Morgan fingerprint density at radius 3 is 2.67 bits per heavy atom. The van der Waals surface area contributed by atoms with E-state index in [1.807, 2.05) is 12.1 Å². The predicted octanol–water partition coefficient (Wildman–Crippen LogP) is 1.49. The monoisotopic (exact) mass is 155 g/mol. The number of nitriles is 2. The molecule has 0 spiro atoms. The lowest BCUT2D eigenvalue weighted by Gasteiger charge is -1.89. The van der Waals surface area contributed by atoms with Crippen molar-refractivity contribution < 1.29 is 0 Å². The van der Waals surface area contributed by atoms with E-state index in [2.05, 4.69) is 4.98 Å². The van der Waals surface area contributed by atoms with Crippen molar-refractivity contribution in [1.29, 1.82) is 10.5 Å². The maximum absolute atomic E-state index is 8.42. The normalized spacial score (nSPS) is 9.17. The number of nitrogens with zero attached hydrogens (tertiary/aromatic N) is 3. The molecule has 0 N–H and O–H groups in total. The molecule has 0 aliphatic heterocycles. The fourth-order valence-corrected chi connectivity index (χ4v) is 0.704. The minimum atomic E-state index is 0.379. The quantitative estimate of drug-likeness (QED) is 0.577. The topological polar surface area (TPSA) is 60.5 Å². The molecule has 0 saturated heterocycles. The van der Waals surface area contributed by atoms with Crippen molar-refractivity contribution in [2.75, 3.05) is 0 Å². The highest BCUT2D eigenvalue weighted by Gasteiger charge is 1.89. The first-order chi connectivity index (χ1) is 5.86. The summed E-state index contributed by atoms with van der Waals surface area (Å²) in [6.07, 6.45) is 4.55. The van der Waals surface area contributed by atoms with Gasteiger partial charge in [0.25, 0.3) is 0 Å². The fraction of sp³-hybridized carbons (Fsp3) is 0. The van der Waals surface area contributed by atoms with Gasteiger partial charge in [0.05, 0.1) is 6.07 Å². The molecule has 3 nitrogen and oxygen atoms in total. The molecule has 0 radical (unpaired) electrons. The van der Waals surface area contributed by atoms with E-state index in [0.717, 1.165) is 5.56 Å². The van der Waals surface area contributed by atoms with Crippen LogP contribution in [-0.2, 0) is 0 Å². The van der Waals surface area contributed by atoms with E-state index in [4.69, 9.17) is 10.5 Å². The molecule has 0 saturated carbocycles. The third kappa shape index (κ3) is 1.93. The van der Waals surface area contributed by atoms with Crippen LogP contribution in [0.2, 0.25) is 0 Å². The van der Waals surface area contributed by atoms with E-state index >= 15 is 0 Å². The van der Waals surface area contributed by atoms with E-state index in [0.29, 0.717) is 5.69 Å². The molecular weight excluding hydrogens is 150 g/mol. The summed E-state index contributed by atoms with van der Waals surface area (Å²) in [6.45, 7) is 0. The van der Waals surface area contributed by atoms with Gasteiger partial charge < -0.3 is 0 Å². The molecule has 0 bridgehead atoms. The first-order valence-corrected chi connectivity index (χ1v) is 3.29. The van der Waals surface area contributed by atoms with E-state index < -0.39 is 0 Å². The van der Waals surface area contributed by atoms with Gasteiger partial charge in [-0.1, -0.05) is 6.07 Å². The Morgan fingerprint density at radius 2 is 2.17 bits per heavy atom. The second kappa shape index (κ2) is 3.90. The average molecular weight is 155 g/mol. The number of pyridine rings is 1. The van der Waals surface area contributed by atoms with Gasteiger partial charge in [-0.15, -0.1) is 0 Å². The largest absolute Gasteiger partial charge is 0.245 e. The highest BCUT2D eigenvalue weighted by atomic mass is 14.7. The molecule has 56 valence electrons. The molecule has 0 amide bonds. The Kier molecular flexibility index (Phi) is 2.59. The van der Waals surface area contributed by atoms with Crippen LogP contribution in [0.15, 0.2) is 24.4 Å². The number of hydrogen-bond donors (Lipinski definition) is 0. The van der Waals surface area contributed by atoms with Crippen LogP contribution in [0.25, 0.3) is 6.08 Å². The second-order valence-corrected chi connectivity index (χ2v) is 2.05. The van der Waals surface area contributed by atoms with Crippen LogP contribution < -0.4 is 0 Å². The Labute approximate surface area is 70.2 Å². The zero-order chi connectivity index (χ0) is 8.81. The molecule has 0 aliphatic carbocycles. The molecule has 0 atom stereocenters. The second-order valence-electron chi connectivity index (χ2n) is 2.05. The van der Waals surface area contributed by atoms with Crippen LogP contribution in [-0.4, -0.2) is 4.98 Å². The summed E-state index contributed by atoms with van der Waals surface area (Å²) >= 11 is 0. The lowest BCUT2D eigenvalue weighted by Crippen LogP contribution is -1.81. The molecule has 1 aromatic rings. The van der Waals surface area contributed by atoms with Gasteiger partial charge in [-0.25, -0.2) is 4.98 Å². The van der Waals surface area contributed by atoms with Crippen molar-refractivity contribution in [3.63, 3.8) is 0 Å². The lowest BCUT2D eigenvalue weighted by molar-refractivity contribution is 1.26. The first-order valence-electron chi connectivity index (χ1n) is 3.29. The Morgan fingerprint density at radius 1 is 1.33 bits per heavy atom. The maximum atomic E-state index is 8.42. The van der Waals surface area contributed by atoms with Gasteiger partial charge in [-0.05, 0) is 17.7 Å². The zero-order valence-corrected chi connectivity index (χ0v) is 6.23. The number of allylic oxidation sites excluding steroid dienone is 1. The van der Waals surface area contributed by atoms with E-state index in [1.54, 1.807) is 24.4 Å². The first kappa shape index (κ1) is 7.97. The lowest BCUT2D eigenvalue weighted by atomic mass is 10.2. The van der Waals surface area contributed by atoms with Gasteiger partial charge in [-0.2, -0.15) is 10.5 Å². The van der Waals surface area contributed by atoms with E-state index in [1.165, 1.54) is 6.08 Å². The minimum Gasteiger partial charge on any atom is -0.245 e. The molecule has 0 fully saturated rings. The molecule has 0 aromatic carbocycles. The summed E-state index contributed by atoms with van der Waals surface area (Å²) in [5.74, 6) is 0. The van der Waals surface area contributed by atoms with Crippen LogP contribution in [0.3, 0.4) is 0 Å². The summed E-state index contributed by atoms with van der Waals surface area (Å²) in [7, 11) is 0. The number of rotatable bonds is 1. The summed E-state index contributed by atoms with van der Waals surface area (Å²) in [5, 5.41) is 16.6. The van der Waals surface area contributed by atoms with E-state index in [-0.39, 0.29) is 0 Å². The molecule has 12 heavy (non-hydrogen) atoms. The standard InChI is InChI=1S/C9H5N3/c10-5-1-2-8-3-4-9(6-11)12-7-8/h1-4,7H. The molecule has 1 aromatic heterocycles. The number of hydrogen-bond acceptors (Lipinski definition) is 3. The minimum absolute atomic E-state index is 0.379. The molecule has 1 rings (SSSR count). The molecule has 1 heterocycles. The average Bonchev–Trinajstić information content (AvgIpc) is 2.15. The SMILES string of the molecule is N#CC=Cc1ccc(C#N)nc1. The fourth-order valence-electron chi connectivity index (χ4n) is 0.704. The van der Waals surface area contributed by atoms with Crippen molar-refractivity contribution in [3.8, 4) is 12.1 Å². The van der Waals surface area contributed by atoms with Gasteiger partial charge in [-0.3, -0.25) is 0 Å². The zero-order valence-electron chi connectivity index (χ0n) is 6.23. The van der Waals surface area contributed by atoms with Crippen LogP contribution in [0.4, 0.5) is 0 Å². The third-order valence-corrected chi connectivity index (χ3v) is 1.25. The summed E-state index contributed by atoms with van der Waals surface area (Å²) in [4.78, 5) is 3.83. The smallest absolute Gasteiger partial charge is 0.140 e. The molecule has 0 aliphatic rings. The van der Waals surface area contributed by atoms with Crippen LogP contribution in [0.1, 0.15) is 11.3 Å². The van der Waals surface area contributed by atoms with Gasteiger partial charge in [0.2, 0.25) is 0 Å². The summed E-state index contributed by atoms with van der Waals surface area (Å²) in [5.41, 5.74) is 1.19. The van der Waals surface area contributed by atoms with Gasteiger partial charge >= 0.3 is 0 Å². The van der Waals surface area contributed by atoms with Crippen molar-refractivity contribution >= 4 is 6.08 Å².